The van der Waals surface area contributed by atoms with E-state index in [2.05, 4.69) is 30.4 Å². The van der Waals surface area contributed by atoms with Gasteiger partial charge >= 0.3 is 0 Å². The smallest absolute Gasteiger partial charge is 0.0991 e. The maximum atomic E-state index is 8.93. The Labute approximate surface area is 120 Å². The summed E-state index contributed by atoms with van der Waals surface area (Å²) in [5.74, 6) is 1.72. The van der Waals surface area contributed by atoms with Crippen LogP contribution in [0.25, 0.3) is 0 Å². The summed E-state index contributed by atoms with van der Waals surface area (Å²) < 4.78 is 5.54. The Morgan fingerprint density at radius 3 is 2.50 bits per heavy atom. The summed E-state index contributed by atoms with van der Waals surface area (Å²) in [6, 6.07) is 10.2. The highest BCUT2D eigenvalue weighted by atomic mass is 16.5. The second-order valence-electron chi connectivity index (χ2n) is 6.24. The van der Waals surface area contributed by atoms with Crippen LogP contribution in [0, 0.1) is 23.2 Å². The molecular formula is C17H22N2O. The monoisotopic (exact) mass is 270 g/mol. The Kier molecular flexibility index (Phi) is 3.78. The van der Waals surface area contributed by atoms with Crippen molar-refractivity contribution < 1.29 is 4.74 Å². The molecule has 1 heterocycles. The van der Waals surface area contributed by atoms with Gasteiger partial charge in [-0.05, 0) is 55.3 Å². The minimum atomic E-state index is 0.0363. The van der Waals surface area contributed by atoms with E-state index in [0.29, 0.717) is 0 Å². The third-order valence-corrected chi connectivity index (χ3v) is 4.89. The lowest BCUT2D eigenvalue weighted by atomic mass is 9.82. The summed E-state index contributed by atoms with van der Waals surface area (Å²) in [6.07, 6.45) is 3.38. The molecule has 106 valence electrons. The quantitative estimate of drug-likeness (QED) is 0.915. The molecule has 1 aromatic carbocycles. The van der Waals surface area contributed by atoms with Crippen LogP contribution in [0.15, 0.2) is 24.3 Å². The maximum absolute atomic E-state index is 8.93. The Hall–Kier alpha value is -1.37. The van der Waals surface area contributed by atoms with Crippen LogP contribution in [-0.4, -0.2) is 19.8 Å². The Morgan fingerprint density at radius 1 is 1.30 bits per heavy atom. The fraction of sp³-hybridized carbons (Fsp3) is 0.588. The van der Waals surface area contributed by atoms with E-state index in [9.17, 15) is 0 Å². The molecule has 1 aliphatic carbocycles. The summed E-state index contributed by atoms with van der Waals surface area (Å²) in [6.45, 7) is 5.05. The first kappa shape index (κ1) is 13.6. The largest absolute Gasteiger partial charge is 0.381 e. The van der Waals surface area contributed by atoms with Crippen LogP contribution in [0.3, 0.4) is 0 Å². The molecule has 1 aromatic rings. The lowest BCUT2D eigenvalue weighted by molar-refractivity contribution is 0.0360. The molecular weight excluding hydrogens is 248 g/mol. The molecule has 1 saturated heterocycles. The van der Waals surface area contributed by atoms with Crippen LogP contribution in [0.1, 0.15) is 37.3 Å². The van der Waals surface area contributed by atoms with E-state index >= 15 is 0 Å². The second-order valence-corrected chi connectivity index (χ2v) is 6.24. The molecule has 2 atom stereocenters. The van der Waals surface area contributed by atoms with Gasteiger partial charge in [-0.2, -0.15) is 5.26 Å². The molecule has 3 nitrogen and oxygen atoms in total. The first-order chi connectivity index (χ1) is 9.73. The first-order valence-electron chi connectivity index (χ1n) is 7.57. The van der Waals surface area contributed by atoms with Crippen LogP contribution in [-0.2, 0) is 10.3 Å². The van der Waals surface area contributed by atoms with Crippen molar-refractivity contribution in [3.05, 3.63) is 35.4 Å². The number of benzene rings is 1. The number of hydrogen-bond donors (Lipinski definition) is 1. The van der Waals surface area contributed by atoms with Gasteiger partial charge in [0, 0.05) is 18.8 Å². The SMILES string of the molecule is CC1CC1CNC1(c2ccc(C#N)cc2)CCOCC1. The zero-order valence-corrected chi connectivity index (χ0v) is 12.1. The molecule has 1 aliphatic heterocycles. The molecule has 3 rings (SSSR count). The summed E-state index contributed by atoms with van der Waals surface area (Å²) in [4.78, 5) is 0. The van der Waals surface area contributed by atoms with Crippen molar-refractivity contribution in [2.75, 3.05) is 19.8 Å². The van der Waals surface area contributed by atoms with Gasteiger partial charge in [0.25, 0.3) is 0 Å². The van der Waals surface area contributed by atoms with Crippen molar-refractivity contribution in [3.8, 4) is 6.07 Å². The third-order valence-electron chi connectivity index (χ3n) is 4.89. The van der Waals surface area contributed by atoms with Crippen molar-refractivity contribution >= 4 is 0 Å². The highest BCUT2D eigenvalue weighted by molar-refractivity contribution is 5.35. The fourth-order valence-corrected chi connectivity index (χ4v) is 3.16. The molecule has 2 unspecified atom stereocenters. The standard InChI is InChI=1S/C17H22N2O/c1-13-10-15(13)12-19-17(6-8-20-9-7-17)16-4-2-14(11-18)3-5-16/h2-5,13,15,19H,6-10,12H2,1H3. The van der Waals surface area contributed by atoms with E-state index < -0.39 is 0 Å². The van der Waals surface area contributed by atoms with Crippen molar-refractivity contribution in [3.63, 3.8) is 0 Å². The second kappa shape index (κ2) is 5.55. The van der Waals surface area contributed by atoms with Crippen molar-refractivity contribution in [2.45, 2.75) is 31.7 Å². The van der Waals surface area contributed by atoms with Gasteiger partial charge in [0.15, 0.2) is 0 Å². The van der Waals surface area contributed by atoms with Crippen molar-refractivity contribution in [1.82, 2.24) is 5.32 Å². The van der Waals surface area contributed by atoms with Crippen molar-refractivity contribution in [1.29, 1.82) is 5.26 Å². The maximum Gasteiger partial charge on any atom is 0.0991 e. The number of rotatable bonds is 4. The van der Waals surface area contributed by atoms with Crippen molar-refractivity contribution in [2.24, 2.45) is 11.8 Å². The Balaban J connectivity index is 1.78. The molecule has 3 heteroatoms. The zero-order valence-electron chi connectivity index (χ0n) is 12.1. The van der Waals surface area contributed by atoms with Crippen LogP contribution in [0.4, 0.5) is 0 Å². The van der Waals surface area contributed by atoms with Gasteiger partial charge in [0.2, 0.25) is 0 Å². The molecule has 2 fully saturated rings. The molecule has 1 N–H and O–H groups in total. The van der Waals surface area contributed by atoms with Gasteiger partial charge in [-0.25, -0.2) is 0 Å². The van der Waals surface area contributed by atoms with E-state index in [1.807, 2.05) is 12.1 Å². The topological polar surface area (TPSA) is 45.0 Å². The van der Waals surface area contributed by atoms with Crippen LogP contribution in [0.2, 0.25) is 0 Å². The lowest BCUT2D eigenvalue weighted by Gasteiger charge is -2.39. The highest BCUT2D eigenvalue weighted by Crippen LogP contribution is 2.39. The molecule has 0 spiro atoms. The minimum absolute atomic E-state index is 0.0363. The summed E-state index contributed by atoms with van der Waals surface area (Å²) in [5, 5.41) is 12.7. The predicted octanol–water partition coefficient (Wildman–Crippen LogP) is 2.81. The van der Waals surface area contributed by atoms with Gasteiger partial charge in [-0.1, -0.05) is 19.1 Å². The average Bonchev–Trinajstić information content (AvgIpc) is 3.22. The predicted molar refractivity (Wildman–Crippen MR) is 78.2 cm³/mol. The molecule has 0 radical (unpaired) electrons. The Morgan fingerprint density at radius 2 is 1.95 bits per heavy atom. The average molecular weight is 270 g/mol. The summed E-state index contributed by atoms with van der Waals surface area (Å²) in [5.41, 5.74) is 2.06. The molecule has 1 saturated carbocycles. The first-order valence-corrected chi connectivity index (χ1v) is 7.57. The van der Waals surface area contributed by atoms with Gasteiger partial charge in [0.1, 0.15) is 0 Å². The van der Waals surface area contributed by atoms with E-state index in [-0.39, 0.29) is 5.54 Å². The van der Waals surface area contributed by atoms with E-state index in [0.717, 1.165) is 50.0 Å². The van der Waals surface area contributed by atoms with E-state index in [4.69, 9.17) is 10.00 Å². The number of nitriles is 1. The molecule has 20 heavy (non-hydrogen) atoms. The number of ether oxygens (including phenoxy) is 1. The summed E-state index contributed by atoms with van der Waals surface area (Å²) >= 11 is 0. The molecule has 0 amide bonds. The zero-order chi connectivity index (χ0) is 14.0. The van der Waals surface area contributed by atoms with Gasteiger partial charge in [-0.15, -0.1) is 0 Å². The molecule has 0 bridgehead atoms. The fourth-order valence-electron chi connectivity index (χ4n) is 3.16. The molecule has 0 aromatic heterocycles. The Bertz CT molecular complexity index is 497. The van der Waals surface area contributed by atoms with E-state index in [1.54, 1.807) is 0 Å². The normalized spacial score (nSPS) is 27.8. The lowest BCUT2D eigenvalue weighted by Crippen LogP contribution is -2.47. The van der Waals surface area contributed by atoms with Crippen LogP contribution < -0.4 is 5.32 Å². The number of hydrogen-bond acceptors (Lipinski definition) is 3. The van der Waals surface area contributed by atoms with Crippen LogP contribution in [0.5, 0.6) is 0 Å². The number of nitrogens with one attached hydrogen (secondary N) is 1. The summed E-state index contributed by atoms with van der Waals surface area (Å²) in [7, 11) is 0. The highest BCUT2D eigenvalue weighted by Gasteiger charge is 2.38. The van der Waals surface area contributed by atoms with Gasteiger partial charge in [0.05, 0.1) is 11.6 Å². The van der Waals surface area contributed by atoms with Gasteiger partial charge in [-0.3, -0.25) is 0 Å². The van der Waals surface area contributed by atoms with Crippen LogP contribution >= 0.6 is 0 Å². The number of nitrogens with zero attached hydrogens (tertiary/aromatic N) is 1. The third kappa shape index (κ3) is 2.72. The van der Waals surface area contributed by atoms with E-state index in [1.165, 1.54) is 12.0 Å². The van der Waals surface area contributed by atoms with Gasteiger partial charge < -0.3 is 10.1 Å². The molecule has 2 aliphatic rings. The minimum Gasteiger partial charge on any atom is -0.381 e.